The lowest BCUT2D eigenvalue weighted by atomic mass is 9.83. The van der Waals surface area contributed by atoms with Gasteiger partial charge in [-0.3, -0.25) is 0 Å². The number of hydrogen-bond donors (Lipinski definition) is 2. The van der Waals surface area contributed by atoms with Crippen LogP contribution in [0.25, 0.3) is 0 Å². The minimum atomic E-state index is 0.0431. The summed E-state index contributed by atoms with van der Waals surface area (Å²) in [5.74, 6) is 0. The van der Waals surface area contributed by atoms with Gasteiger partial charge in [0.05, 0.1) is 0 Å². The van der Waals surface area contributed by atoms with Crippen molar-refractivity contribution in [3.05, 3.63) is 12.2 Å². The minimum Gasteiger partial charge on any atom is -0.396 e. The fourth-order valence-corrected chi connectivity index (χ4v) is 1.19. The molecule has 0 fully saturated rings. The van der Waals surface area contributed by atoms with Crippen molar-refractivity contribution in [2.24, 2.45) is 10.8 Å². The van der Waals surface area contributed by atoms with Crippen LogP contribution in [0, 0.1) is 10.8 Å². The Morgan fingerprint density at radius 2 is 1.07 bits per heavy atom. The van der Waals surface area contributed by atoms with Gasteiger partial charge in [-0.2, -0.15) is 0 Å². The van der Waals surface area contributed by atoms with Crippen LogP contribution in [0.15, 0.2) is 12.2 Å². The van der Waals surface area contributed by atoms with Crippen LogP contribution in [-0.4, -0.2) is 23.4 Å². The van der Waals surface area contributed by atoms with E-state index in [0.29, 0.717) is 0 Å². The highest BCUT2D eigenvalue weighted by Crippen LogP contribution is 2.27. The first-order valence-corrected chi connectivity index (χ1v) is 5.25. The van der Waals surface area contributed by atoms with Crippen molar-refractivity contribution in [3.63, 3.8) is 0 Å². The second-order valence-corrected chi connectivity index (χ2v) is 5.26. The molecule has 0 rings (SSSR count). The molecule has 14 heavy (non-hydrogen) atoms. The minimum absolute atomic E-state index is 0.0431. The van der Waals surface area contributed by atoms with Gasteiger partial charge in [0.25, 0.3) is 0 Å². The largest absolute Gasteiger partial charge is 0.396 e. The van der Waals surface area contributed by atoms with E-state index in [-0.39, 0.29) is 24.0 Å². The lowest BCUT2D eigenvalue weighted by molar-refractivity contribution is 0.232. The average molecular weight is 200 g/mol. The maximum atomic E-state index is 8.86. The molecule has 0 amide bonds. The third kappa shape index (κ3) is 6.17. The van der Waals surface area contributed by atoms with E-state index in [1.54, 1.807) is 0 Å². The standard InChI is InChI=1S/C12H24O2/c1-11(2,7-9-13)5-6-12(3,4)8-10-14/h5-6,13-14H,7-10H2,1-4H3. The van der Waals surface area contributed by atoms with Crippen LogP contribution < -0.4 is 0 Å². The monoisotopic (exact) mass is 200 g/mol. The van der Waals surface area contributed by atoms with Crippen molar-refractivity contribution < 1.29 is 10.2 Å². The van der Waals surface area contributed by atoms with Crippen LogP contribution in [0.1, 0.15) is 40.5 Å². The lowest BCUT2D eigenvalue weighted by Crippen LogP contribution is -2.14. The molecular weight excluding hydrogens is 176 g/mol. The summed E-state index contributed by atoms with van der Waals surface area (Å²) in [6.45, 7) is 8.86. The molecule has 2 N–H and O–H groups in total. The summed E-state index contributed by atoms with van der Waals surface area (Å²) in [4.78, 5) is 0. The fraction of sp³-hybridized carbons (Fsp3) is 0.833. The summed E-state index contributed by atoms with van der Waals surface area (Å²) < 4.78 is 0. The molecule has 0 saturated carbocycles. The fourth-order valence-electron chi connectivity index (χ4n) is 1.19. The zero-order valence-electron chi connectivity index (χ0n) is 9.88. The van der Waals surface area contributed by atoms with Gasteiger partial charge in [-0.25, -0.2) is 0 Å². The molecule has 0 aliphatic heterocycles. The molecule has 0 aromatic carbocycles. The van der Waals surface area contributed by atoms with E-state index >= 15 is 0 Å². The van der Waals surface area contributed by atoms with Crippen molar-refractivity contribution in [2.75, 3.05) is 13.2 Å². The molecule has 2 heteroatoms. The molecule has 84 valence electrons. The van der Waals surface area contributed by atoms with Gasteiger partial charge in [0.15, 0.2) is 0 Å². The molecule has 0 aromatic rings. The molecule has 0 heterocycles. The molecule has 0 unspecified atom stereocenters. The van der Waals surface area contributed by atoms with E-state index in [9.17, 15) is 0 Å². The SMILES string of the molecule is CC(C)(C=CC(C)(C)CCO)CCO. The van der Waals surface area contributed by atoms with Crippen molar-refractivity contribution in [3.8, 4) is 0 Å². The third-order valence-corrected chi connectivity index (χ3v) is 2.50. The molecule has 0 bridgehead atoms. The van der Waals surface area contributed by atoms with E-state index in [1.807, 2.05) is 0 Å². The van der Waals surface area contributed by atoms with E-state index in [4.69, 9.17) is 10.2 Å². The van der Waals surface area contributed by atoms with Gasteiger partial charge >= 0.3 is 0 Å². The number of aliphatic hydroxyl groups is 2. The topological polar surface area (TPSA) is 40.5 Å². The predicted octanol–water partition coefficient (Wildman–Crippen LogP) is 2.36. The summed E-state index contributed by atoms with van der Waals surface area (Å²) in [7, 11) is 0. The first kappa shape index (κ1) is 13.7. The molecule has 0 radical (unpaired) electrons. The van der Waals surface area contributed by atoms with Crippen LogP contribution in [0.5, 0.6) is 0 Å². The molecule has 0 atom stereocenters. The van der Waals surface area contributed by atoms with E-state index < -0.39 is 0 Å². The van der Waals surface area contributed by atoms with Gasteiger partial charge in [0, 0.05) is 13.2 Å². The highest BCUT2D eigenvalue weighted by atomic mass is 16.3. The van der Waals surface area contributed by atoms with Crippen LogP contribution in [0.3, 0.4) is 0 Å². The Kier molecular flexibility index (Phi) is 5.38. The quantitative estimate of drug-likeness (QED) is 0.646. The normalized spacial score (nSPS) is 13.9. The zero-order chi connectivity index (χ0) is 11.2. The zero-order valence-corrected chi connectivity index (χ0v) is 9.88. The van der Waals surface area contributed by atoms with Crippen molar-refractivity contribution in [1.29, 1.82) is 0 Å². The first-order chi connectivity index (χ1) is 6.33. The maximum absolute atomic E-state index is 8.86. The Hall–Kier alpha value is -0.340. The Bertz CT molecular complexity index is 161. The molecule has 0 aliphatic rings. The molecule has 0 spiro atoms. The van der Waals surface area contributed by atoms with Crippen LogP contribution in [-0.2, 0) is 0 Å². The van der Waals surface area contributed by atoms with Crippen molar-refractivity contribution in [2.45, 2.75) is 40.5 Å². The summed E-state index contributed by atoms with van der Waals surface area (Å²) in [5.41, 5.74) is 0.0863. The van der Waals surface area contributed by atoms with Gasteiger partial charge in [0.1, 0.15) is 0 Å². The van der Waals surface area contributed by atoms with E-state index in [0.717, 1.165) is 12.8 Å². The van der Waals surface area contributed by atoms with Crippen LogP contribution in [0.4, 0.5) is 0 Å². The summed E-state index contributed by atoms with van der Waals surface area (Å²) in [6, 6.07) is 0. The third-order valence-electron chi connectivity index (χ3n) is 2.50. The molecular formula is C12H24O2. The van der Waals surface area contributed by atoms with Gasteiger partial charge in [-0.1, -0.05) is 39.8 Å². The number of hydrogen-bond acceptors (Lipinski definition) is 2. The number of allylic oxidation sites excluding steroid dienone is 2. The highest BCUT2D eigenvalue weighted by molar-refractivity contribution is 5.01. The lowest BCUT2D eigenvalue weighted by Gasteiger charge is -2.23. The number of aliphatic hydroxyl groups excluding tert-OH is 2. The summed E-state index contributed by atoms with van der Waals surface area (Å²) in [6.07, 6.45) is 5.83. The smallest absolute Gasteiger partial charge is 0.0439 e. The average Bonchev–Trinajstić information content (AvgIpc) is 2.01. The van der Waals surface area contributed by atoms with Crippen molar-refractivity contribution in [1.82, 2.24) is 0 Å². The Morgan fingerprint density at radius 1 is 0.786 bits per heavy atom. The second kappa shape index (κ2) is 5.52. The van der Waals surface area contributed by atoms with Crippen LogP contribution >= 0.6 is 0 Å². The Morgan fingerprint density at radius 3 is 1.29 bits per heavy atom. The summed E-state index contributed by atoms with van der Waals surface area (Å²) in [5, 5.41) is 17.7. The van der Waals surface area contributed by atoms with Gasteiger partial charge in [-0.05, 0) is 23.7 Å². The molecule has 0 aliphatic carbocycles. The predicted molar refractivity (Wildman–Crippen MR) is 60.1 cm³/mol. The number of rotatable bonds is 6. The summed E-state index contributed by atoms with van der Waals surface area (Å²) >= 11 is 0. The second-order valence-electron chi connectivity index (χ2n) is 5.26. The van der Waals surface area contributed by atoms with Crippen LogP contribution in [0.2, 0.25) is 0 Å². The highest BCUT2D eigenvalue weighted by Gasteiger charge is 2.17. The van der Waals surface area contributed by atoms with E-state index in [1.165, 1.54) is 0 Å². The van der Waals surface area contributed by atoms with Gasteiger partial charge < -0.3 is 10.2 Å². The van der Waals surface area contributed by atoms with E-state index in [2.05, 4.69) is 39.8 Å². The van der Waals surface area contributed by atoms with Gasteiger partial charge in [0.2, 0.25) is 0 Å². The van der Waals surface area contributed by atoms with Crippen molar-refractivity contribution >= 4 is 0 Å². The molecule has 0 saturated heterocycles. The molecule has 0 aromatic heterocycles. The molecule has 2 nitrogen and oxygen atoms in total. The van der Waals surface area contributed by atoms with Gasteiger partial charge in [-0.15, -0.1) is 0 Å². The Balaban J connectivity index is 4.26. The Labute approximate surface area is 87.7 Å². The maximum Gasteiger partial charge on any atom is 0.0439 e. The first-order valence-electron chi connectivity index (χ1n) is 5.25.